The van der Waals surface area contributed by atoms with E-state index >= 15 is 0 Å². The highest BCUT2D eigenvalue weighted by atomic mass is 19.1. The molecule has 1 N–H and O–H groups in total. The lowest BCUT2D eigenvalue weighted by Crippen LogP contribution is -2.34. The molecule has 1 aromatic carbocycles. The van der Waals surface area contributed by atoms with Crippen LogP contribution >= 0.6 is 0 Å². The number of amides is 1. The number of halogens is 1. The minimum Gasteiger partial charge on any atom is -0.486 e. The van der Waals surface area contributed by atoms with E-state index in [1.54, 1.807) is 32.2 Å². The van der Waals surface area contributed by atoms with Crippen molar-refractivity contribution in [1.29, 1.82) is 0 Å². The molecule has 0 radical (unpaired) electrons. The number of para-hydroxylation sites is 1. The molecule has 0 saturated carbocycles. The van der Waals surface area contributed by atoms with Crippen molar-refractivity contribution in [3.8, 4) is 5.75 Å². The predicted molar refractivity (Wildman–Crippen MR) is 80.5 cm³/mol. The Hall–Kier alpha value is -2.63. The van der Waals surface area contributed by atoms with Crippen LogP contribution in [0.3, 0.4) is 0 Å². The van der Waals surface area contributed by atoms with Gasteiger partial charge in [0.1, 0.15) is 6.10 Å². The van der Waals surface area contributed by atoms with Gasteiger partial charge in [-0.3, -0.25) is 9.59 Å². The van der Waals surface area contributed by atoms with E-state index in [0.29, 0.717) is 0 Å². The van der Waals surface area contributed by atoms with Gasteiger partial charge in [-0.2, -0.15) is 0 Å². The lowest BCUT2D eigenvalue weighted by atomic mass is 10.2. The molecule has 0 aliphatic rings. The number of carbonyl (C=O) groups is 1. The van der Waals surface area contributed by atoms with Crippen LogP contribution in [0.1, 0.15) is 17.3 Å². The third kappa shape index (κ3) is 3.94. The molecule has 0 saturated heterocycles. The van der Waals surface area contributed by atoms with Crippen molar-refractivity contribution >= 4 is 5.91 Å². The van der Waals surface area contributed by atoms with E-state index in [2.05, 4.69) is 5.32 Å². The number of rotatable bonds is 5. The standard InChI is InChI=1S/C16H17FN2O3/c1-11(22-14-6-4-3-5-13(14)17)10-18-16(21)12-7-8-19(2)15(20)9-12/h3-9,11H,10H2,1-2H3,(H,18,21). The van der Waals surface area contributed by atoms with Crippen LogP contribution in [0.5, 0.6) is 5.75 Å². The zero-order chi connectivity index (χ0) is 16.1. The Bertz CT molecular complexity index is 727. The summed E-state index contributed by atoms with van der Waals surface area (Å²) in [5.74, 6) is -0.688. The maximum Gasteiger partial charge on any atom is 0.251 e. The average Bonchev–Trinajstić information content (AvgIpc) is 2.50. The molecule has 6 heteroatoms. The molecule has 0 spiro atoms. The summed E-state index contributed by atoms with van der Waals surface area (Å²) in [6, 6.07) is 8.89. The second-order valence-electron chi connectivity index (χ2n) is 4.93. The van der Waals surface area contributed by atoms with Gasteiger partial charge in [-0.05, 0) is 25.1 Å². The number of pyridine rings is 1. The zero-order valence-electron chi connectivity index (χ0n) is 12.4. The second-order valence-corrected chi connectivity index (χ2v) is 4.93. The molecular formula is C16H17FN2O3. The van der Waals surface area contributed by atoms with Crippen LogP contribution in [0.4, 0.5) is 4.39 Å². The molecular weight excluding hydrogens is 287 g/mol. The smallest absolute Gasteiger partial charge is 0.251 e. The van der Waals surface area contributed by atoms with Gasteiger partial charge in [0.05, 0.1) is 6.54 Å². The van der Waals surface area contributed by atoms with Crippen molar-refractivity contribution < 1.29 is 13.9 Å². The van der Waals surface area contributed by atoms with Crippen LogP contribution in [0.25, 0.3) is 0 Å². The summed E-state index contributed by atoms with van der Waals surface area (Å²) in [5.41, 5.74) is 0.0181. The molecule has 1 heterocycles. The lowest BCUT2D eigenvalue weighted by molar-refractivity contribution is 0.0931. The predicted octanol–water partition coefficient (Wildman–Crippen LogP) is 1.72. The van der Waals surface area contributed by atoms with Gasteiger partial charge in [-0.25, -0.2) is 4.39 Å². The van der Waals surface area contributed by atoms with Crippen molar-refractivity contribution in [1.82, 2.24) is 9.88 Å². The monoisotopic (exact) mass is 304 g/mol. The quantitative estimate of drug-likeness (QED) is 0.915. The molecule has 1 aromatic heterocycles. The van der Waals surface area contributed by atoms with Gasteiger partial charge in [0.15, 0.2) is 11.6 Å². The molecule has 2 aromatic rings. The maximum absolute atomic E-state index is 13.4. The van der Waals surface area contributed by atoms with Gasteiger partial charge < -0.3 is 14.6 Å². The number of aromatic nitrogens is 1. The third-order valence-corrected chi connectivity index (χ3v) is 3.08. The summed E-state index contributed by atoms with van der Waals surface area (Å²) in [6.45, 7) is 1.92. The highest BCUT2D eigenvalue weighted by Crippen LogP contribution is 2.16. The minimum absolute atomic E-state index is 0.137. The Morgan fingerprint density at radius 2 is 2.09 bits per heavy atom. The maximum atomic E-state index is 13.4. The summed E-state index contributed by atoms with van der Waals surface area (Å²) >= 11 is 0. The van der Waals surface area contributed by atoms with Gasteiger partial charge in [0.25, 0.3) is 11.5 Å². The number of ether oxygens (including phenoxy) is 1. The normalized spacial score (nSPS) is 11.8. The van der Waals surface area contributed by atoms with E-state index in [1.807, 2.05) is 0 Å². The van der Waals surface area contributed by atoms with Gasteiger partial charge >= 0.3 is 0 Å². The van der Waals surface area contributed by atoms with E-state index in [9.17, 15) is 14.0 Å². The topological polar surface area (TPSA) is 60.3 Å². The molecule has 116 valence electrons. The van der Waals surface area contributed by atoms with Gasteiger partial charge in [-0.15, -0.1) is 0 Å². The Kier molecular flexibility index (Phi) is 4.93. The average molecular weight is 304 g/mol. The van der Waals surface area contributed by atoms with E-state index in [1.165, 1.54) is 29.0 Å². The summed E-state index contributed by atoms with van der Waals surface area (Å²) in [5, 5.41) is 2.65. The third-order valence-electron chi connectivity index (χ3n) is 3.08. The minimum atomic E-state index is -0.452. The largest absolute Gasteiger partial charge is 0.486 e. The Balaban J connectivity index is 1.92. The van der Waals surface area contributed by atoms with Crippen LogP contribution < -0.4 is 15.6 Å². The van der Waals surface area contributed by atoms with Crippen LogP contribution in [0, 0.1) is 5.82 Å². The van der Waals surface area contributed by atoms with Gasteiger partial charge in [0.2, 0.25) is 0 Å². The zero-order valence-corrected chi connectivity index (χ0v) is 12.4. The number of benzene rings is 1. The van der Waals surface area contributed by atoms with Crippen molar-refractivity contribution in [3.05, 3.63) is 64.3 Å². The lowest BCUT2D eigenvalue weighted by Gasteiger charge is -2.16. The molecule has 5 nitrogen and oxygen atoms in total. The van der Waals surface area contributed by atoms with Crippen molar-refractivity contribution in [2.24, 2.45) is 7.05 Å². The number of aryl methyl sites for hydroxylation is 1. The van der Waals surface area contributed by atoms with Crippen LogP contribution in [0.2, 0.25) is 0 Å². The fourth-order valence-corrected chi connectivity index (χ4v) is 1.83. The fraction of sp³-hybridized carbons (Fsp3) is 0.250. The molecule has 1 atom stereocenters. The first-order valence-corrected chi connectivity index (χ1v) is 6.83. The first-order chi connectivity index (χ1) is 10.5. The number of hydrogen-bond acceptors (Lipinski definition) is 3. The first kappa shape index (κ1) is 15.8. The Morgan fingerprint density at radius 1 is 1.36 bits per heavy atom. The molecule has 0 aliphatic heterocycles. The van der Waals surface area contributed by atoms with Crippen molar-refractivity contribution in [2.75, 3.05) is 6.54 Å². The molecule has 0 aliphatic carbocycles. The van der Waals surface area contributed by atoms with E-state index < -0.39 is 11.9 Å². The molecule has 1 unspecified atom stereocenters. The summed E-state index contributed by atoms with van der Waals surface area (Å²) in [7, 11) is 1.61. The molecule has 0 fully saturated rings. The highest BCUT2D eigenvalue weighted by Gasteiger charge is 2.11. The molecule has 22 heavy (non-hydrogen) atoms. The Labute approximate surface area is 127 Å². The van der Waals surface area contributed by atoms with E-state index in [4.69, 9.17) is 4.74 Å². The number of nitrogens with one attached hydrogen (secondary N) is 1. The molecule has 0 bridgehead atoms. The highest BCUT2D eigenvalue weighted by molar-refractivity contribution is 5.93. The van der Waals surface area contributed by atoms with Crippen molar-refractivity contribution in [3.63, 3.8) is 0 Å². The van der Waals surface area contributed by atoms with E-state index in [-0.39, 0.29) is 29.3 Å². The SMILES string of the molecule is CC(CNC(=O)c1ccn(C)c(=O)c1)Oc1ccccc1F. The molecule has 1 amide bonds. The second kappa shape index (κ2) is 6.89. The first-order valence-electron chi connectivity index (χ1n) is 6.83. The summed E-state index contributed by atoms with van der Waals surface area (Å²) in [4.78, 5) is 23.4. The number of carbonyl (C=O) groups excluding carboxylic acids is 1. The van der Waals surface area contributed by atoms with Crippen molar-refractivity contribution in [2.45, 2.75) is 13.0 Å². The molecule has 2 rings (SSSR count). The number of nitrogens with zero attached hydrogens (tertiary/aromatic N) is 1. The fourth-order valence-electron chi connectivity index (χ4n) is 1.83. The summed E-state index contributed by atoms with van der Waals surface area (Å²) in [6.07, 6.45) is 1.11. The summed E-state index contributed by atoms with van der Waals surface area (Å²) < 4.78 is 20.2. The van der Waals surface area contributed by atoms with Crippen LogP contribution in [0.15, 0.2) is 47.4 Å². The van der Waals surface area contributed by atoms with E-state index in [0.717, 1.165) is 0 Å². The van der Waals surface area contributed by atoms with Crippen LogP contribution in [-0.2, 0) is 7.05 Å². The van der Waals surface area contributed by atoms with Crippen LogP contribution in [-0.4, -0.2) is 23.1 Å². The Morgan fingerprint density at radius 3 is 2.77 bits per heavy atom. The van der Waals surface area contributed by atoms with Gasteiger partial charge in [-0.1, -0.05) is 12.1 Å². The number of hydrogen-bond donors (Lipinski definition) is 1. The van der Waals surface area contributed by atoms with Gasteiger partial charge in [0, 0.05) is 24.9 Å².